The molecular weight excluding hydrogens is 444 g/mol. The summed E-state index contributed by atoms with van der Waals surface area (Å²) in [5.74, 6) is -0.545. The summed E-state index contributed by atoms with van der Waals surface area (Å²) in [6.07, 6.45) is -0.842. The first kappa shape index (κ1) is 23.8. The van der Waals surface area contributed by atoms with Crippen LogP contribution >= 0.6 is 11.3 Å². The van der Waals surface area contributed by atoms with Crippen molar-refractivity contribution in [3.63, 3.8) is 0 Å². The number of rotatable bonds is 8. The maximum absolute atomic E-state index is 13.0. The highest BCUT2D eigenvalue weighted by Crippen LogP contribution is 2.35. The Hall–Kier alpha value is -3.85. The van der Waals surface area contributed by atoms with Crippen LogP contribution < -0.4 is 20.1 Å². The van der Waals surface area contributed by atoms with Crippen molar-refractivity contribution < 1.29 is 28.6 Å². The highest BCUT2D eigenvalue weighted by atomic mass is 32.1. The van der Waals surface area contributed by atoms with Crippen molar-refractivity contribution in [1.82, 2.24) is 0 Å². The number of benzene rings is 2. The zero-order valence-corrected chi connectivity index (χ0v) is 19.4. The van der Waals surface area contributed by atoms with Gasteiger partial charge in [0.25, 0.3) is 11.8 Å². The molecule has 33 heavy (non-hydrogen) atoms. The molecule has 2 aromatic carbocycles. The van der Waals surface area contributed by atoms with E-state index in [1.807, 2.05) is 6.07 Å². The Labute approximate surface area is 195 Å². The number of thiophene rings is 1. The lowest BCUT2D eigenvalue weighted by atomic mass is 10.1. The van der Waals surface area contributed by atoms with Crippen LogP contribution in [0.5, 0.6) is 11.5 Å². The van der Waals surface area contributed by atoms with Crippen LogP contribution in [-0.4, -0.2) is 38.1 Å². The summed E-state index contributed by atoms with van der Waals surface area (Å²) >= 11 is 0.981. The third kappa shape index (κ3) is 5.50. The second kappa shape index (κ2) is 10.6. The summed E-state index contributed by atoms with van der Waals surface area (Å²) in [4.78, 5) is 38.4. The molecule has 1 aromatic heterocycles. The van der Waals surface area contributed by atoms with E-state index in [9.17, 15) is 14.4 Å². The first-order valence-electron chi connectivity index (χ1n) is 10.0. The first-order valence-corrected chi connectivity index (χ1v) is 10.9. The predicted molar refractivity (Wildman–Crippen MR) is 127 cm³/mol. The van der Waals surface area contributed by atoms with Crippen molar-refractivity contribution in [3.8, 4) is 11.5 Å². The van der Waals surface area contributed by atoms with Gasteiger partial charge in [0, 0.05) is 0 Å². The molecule has 0 aliphatic rings. The molecule has 3 rings (SSSR count). The van der Waals surface area contributed by atoms with Gasteiger partial charge in [-0.05, 0) is 43.7 Å². The molecule has 1 atom stereocenters. The number of esters is 1. The average molecular weight is 469 g/mol. The van der Waals surface area contributed by atoms with Gasteiger partial charge < -0.3 is 24.8 Å². The van der Waals surface area contributed by atoms with Crippen LogP contribution in [0.2, 0.25) is 0 Å². The number of amides is 2. The van der Waals surface area contributed by atoms with Crippen LogP contribution in [0, 0.1) is 6.92 Å². The van der Waals surface area contributed by atoms with Gasteiger partial charge >= 0.3 is 5.97 Å². The summed E-state index contributed by atoms with van der Waals surface area (Å²) in [6.45, 7) is 3.22. The topological polar surface area (TPSA) is 103 Å². The lowest BCUT2D eigenvalue weighted by Crippen LogP contribution is -2.30. The third-order valence-electron chi connectivity index (χ3n) is 4.76. The largest absolute Gasteiger partial charge is 0.495 e. The summed E-state index contributed by atoms with van der Waals surface area (Å²) in [6, 6.07) is 15.9. The molecule has 2 amide bonds. The van der Waals surface area contributed by atoms with Gasteiger partial charge in [-0.1, -0.05) is 30.3 Å². The van der Waals surface area contributed by atoms with E-state index >= 15 is 0 Å². The molecule has 0 radical (unpaired) electrons. The van der Waals surface area contributed by atoms with Gasteiger partial charge in [-0.25, -0.2) is 4.79 Å². The van der Waals surface area contributed by atoms with Crippen molar-refractivity contribution in [1.29, 1.82) is 0 Å². The molecule has 9 heteroatoms. The van der Waals surface area contributed by atoms with Crippen molar-refractivity contribution in [2.45, 2.75) is 20.0 Å². The van der Waals surface area contributed by atoms with E-state index in [4.69, 9.17) is 14.2 Å². The SMILES string of the molecule is COC(=O)c1c(NC(=O)[C@@H](C)Oc2ccccc2)sc(C(=O)Nc2ccccc2OC)c1C. The monoisotopic (exact) mass is 468 g/mol. The Balaban J connectivity index is 1.85. The molecule has 172 valence electrons. The lowest BCUT2D eigenvalue weighted by Gasteiger charge is -2.14. The Morgan fingerprint density at radius 2 is 1.61 bits per heavy atom. The van der Waals surface area contributed by atoms with Crippen molar-refractivity contribution in [2.24, 2.45) is 0 Å². The van der Waals surface area contributed by atoms with E-state index in [2.05, 4.69) is 10.6 Å². The van der Waals surface area contributed by atoms with Gasteiger partial charge in [0.15, 0.2) is 6.10 Å². The standard InChI is InChI=1S/C24H24N2O6S/c1-14-19(24(29)31-4)23(26-21(27)15(2)32-16-10-6-5-7-11-16)33-20(14)22(28)25-17-12-8-9-13-18(17)30-3/h5-13,15H,1-4H3,(H,25,28)(H,26,27)/t15-/m1/s1. The number of carbonyl (C=O) groups is 3. The number of methoxy groups -OCH3 is 2. The van der Waals surface area contributed by atoms with Crippen molar-refractivity contribution >= 4 is 39.8 Å². The predicted octanol–water partition coefficient (Wildman–Crippen LogP) is 4.51. The number of anilines is 2. The highest BCUT2D eigenvalue weighted by molar-refractivity contribution is 7.19. The van der Waals surface area contributed by atoms with Crippen molar-refractivity contribution in [2.75, 3.05) is 24.9 Å². The molecule has 0 unspecified atom stereocenters. The zero-order chi connectivity index (χ0) is 24.0. The van der Waals surface area contributed by atoms with Gasteiger partial charge in [0.1, 0.15) is 16.5 Å². The van der Waals surface area contributed by atoms with E-state index in [1.165, 1.54) is 14.2 Å². The Morgan fingerprint density at radius 1 is 0.939 bits per heavy atom. The Morgan fingerprint density at radius 3 is 2.27 bits per heavy atom. The van der Waals surface area contributed by atoms with E-state index in [1.54, 1.807) is 62.4 Å². The molecule has 2 N–H and O–H groups in total. The fourth-order valence-electron chi connectivity index (χ4n) is 3.06. The molecule has 0 fully saturated rings. The number of carbonyl (C=O) groups excluding carboxylic acids is 3. The maximum atomic E-state index is 13.0. The second-order valence-electron chi connectivity index (χ2n) is 6.97. The zero-order valence-electron chi connectivity index (χ0n) is 18.6. The summed E-state index contributed by atoms with van der Waals surface area (Å²) in [5.41, 5.74) is 0.993. The first-order chi connectivity index (χ1) is 15.8. The van der Waals surface area contributed by atoms with E-state index in [0.29, 0.717) is 22.7 Å². The number of nitrogens with one attached hydrogen (secondary N) is 2. The summed E-state index contributed by atoms with van der Waals surface area (Å²) < 4.78 is 15.8. The molecule has 8 nitrogen and oxygen atoms in total. The lowest BCUT2D eigenvalue weighted by molar-refractivity contribution is -0.122. The fraction of sp³-hybridized carbons (Fsp3) is 0.208. The minimum atomic E-state index is -0.842. The molecule has 0 aliphatic carbocycles. The van der Waals surface area contributed by atoms with Crippen LogP contribution in [0.15, 0.2) is 54.6 Å². The van der Waals surface area contributed by atoms with Crippen LogP contribution in [0.25, 0.3) is 0 Å². The van der Waals surface area contributed by atoms with Gasteiger partial charge in [-0.2, -0.15) is 0 Å². The summed E-state index contributed by atoms with van der Waals surface area (Å²) in [7, 11) is 2.74. The molecule has 0 saturated heterocycles. The maximum Gasteiger partial charge on any atom is 0.341 e. The smallest absolute Gasteiger partial charge is 0.341 e. The van der Waals surface area contributed by atoms with Crippen LogP contribution in [0.4, 0.5) is 10.7 Å². The van der Waals surface area contributed by atoms with Crippen LogP contribution in [-0.2, 0) is 9.53 Å². The van der Waals surface area contributed by atoms with E-state index < -0.39 is 23.9 Å². The normalized spacial score (nSPS) is 11.3. The van der Waals surface area contributed by atoms with Gasteiger partial charge in [-0.15, -0.1) is 11.3 Å². The van der Waals surface area contributed by atoms with E-state index in [0.717, 1.165) is 11.3 Å². The van der Waals surface area contributed by atoms with E-state index in [-0.39, 0.29) is 15.4 Å². The molecule has 0 aliphatic heterocycles. The minimum Gasteiger partial charge on any atom is -0.495 e. The molecular formula is C24H24N2O6S. The highest BCUT2D eigenvalue weighted by Gasteiger charge is 2.28. The minimum absolute atomic E-state index is 0.118. The molecule has 0 bridgehead atoms. The molecule has 3 aromatic rings. The Bertz CT molecular complexity index is 1160. The molecule has 1 heterocycles. The van der Waals surface area contributed by atoms with Gasteiger partial charge in [0.05, 0.1) is 30.3 Å². The average Bonchev–Trinajstić information content (AvgIpc) is 3.15. The van der Waals surface area contributed by atoms with Gasteiger partial charge in [0.2, 0.25) is 0 Å². The van der Waals surface area contributed by atoms with Gasteiger partial charge in [-0.3, -0.25) is 9.59 Å². The van der Waals surface area contributed by atoms with Crippen LogP contribution in [0.1, 0.15) is 32.5 Å². The molecule has 0 spiro atoms. The quantitative estimate of drug-likeness (QED) is 0.472. The number of ether oxygens (including phenoxy) is 3. The molecule has 0 saturated carbocycles. The van der Waals surface area contributed by atoms with Crippen LogP contribution in [0.3, 0.4) is 0 Å². The third-order valence-corrected chi connectivity index (χ3v) is 5.97. The Kier molecular flexibility index (Phi) is 7.68. The fourth-order valence-corrected chi connectivity index (χ4v) is 4.16. The number of hydrogen-bond acceptors (Lipinski definition) is 7. The summed E-state index contributed by atoms with van der Waals surface area (Å²) in [5, 5.41) is 5.69. The second-order valence-corrected chi connectivity index (χ2v) is 7.99. The number of para-hydroxylation sites is 3. The van der Waals surface area contributed by atoms with Crippen molar-refractivity contribution in [3.05, 3.63) is 70.6 Å². The number of hydrogen-bond donors (Lipinski definition) is 2.